The molecule has 2 aromatic carbocycles. The van der Waals surface area contributed by atoms with Crippen LogP contribution in [0, 0.1) is 0 Å². The lowest BCUT2D eigenvalue weighted by molar-refractivity contribution is -0.129. The lowest BCUT2D eigenvalue weighted by Gasteiger charge is -2.22. The van der Waals surface area contributed by atoms with Crippen molar-refractivity contribution < 1.29 is 14.1 Å². The van der Waals surface area contributed by atoms with Crippen LogP contribution < -0.4 is 4.74 Å². The average molecular weight is 384 g/mol. The number of benzene rings is 2. The third kappa shape index (κ3) is 3.53. The van der Waals surface area contributed by atoms with Crippen LogP contribution in [0.5, 0.6) is 5.75 Å². The van der Waals surface area contributed by atoms with Crippen molar-refractivity contribution in [3.8, 4) is 17.1 Å². The highest BCUT2D eigenvalue weighted by Crippen LogP contribution is 2.35. The van der Waals surface area contributed by atoms with E-state index < -0.39 is 0 Å². The van der Waals surface area contributed by atoms with Crippen LogP contribution in [0.15, 0.2) is 53.1 Å². The first kappa shape index (κ1) is 17.5. The Hall–Kier alpha value is -2.86. The second-order valence-corrected chi connectivity index (χ2v) is 6.80. The van der Waals surface area contributed by atoms with E-state index in [-0.39, 0.29) is 11.9 Å². The first-order chi connectivity index (χ1) is 13.2. The van der Waals surface area contributed by atoms with Gasteiger partial charge >= 0.3 is 0 Å². The summed E-state index contributed by atoms with van der Waals surface area (Å²) in [7, 11) is 1.60. The number of rotatable bonds is 5. The van der Waals surface area contributed by atoms with Gasteiger partial charge in [-0.2, -0.15) is 4.98 Å². The molecule has 3 aromatic rings. The van der Waals surface area contributed by atoms with Gasteiger partial charge in [0.15, 0.2) is 0 Å². The molecule has 0 aliphatic carbocycles. The van der Waals surface area contributed by atoms with Gasteiger partial charge < -0.3 is 14.2 Å². The summed E-state index contributed by atoms with van der Waals surface area (Å²) in [6.07, 6.45) is 1.12. The van der Waals surface area contributed by atoms with Crippen molar-refractivity contribution in [2.75, 3.05) is 7.11 Å². The average Bonchev–Trinajstić information content (AvgIpc) is 3.31. The number of ether oxygens (including phenoxy) is 1. The van der Waals surface area contributed by atoms with Gasteiger partial charge in [0.05, 0.1) is 12.7 Å². The van der Waals surface area contributed by atoms with Crippen molar-refractivity contribution in [2.24, 2.45) is 0 Å². The number of aromatic nitrogens is 2. The van der Waals surface area contributed by atoms with Crippen molar-refractivity contribution in [3.63, 3.8) is 0 Å². The van der Waals surface area contributed by atoms with Crippen molar-refractivity contribution in [1.82, 2.24) is 15.0 Å². The van der Waals surface area contributed by atoms with E-state index in [2.05, 4.69) is 10.1 Å². The van der Waals surface area contributed by atoms with Crippen molar-refractivity contribution in [2.45, 2.75) is 25.4 Å². The number of para-hydroxylation sites is 1. The topological polar surface area (TPSA) is 68.5 Å². The Morgan fingerprint density at radius 1 is 1.22 bits per heavy atom. The van der Waals surface area contributed by atoms with E-state index in [9.17, 15) is 4.79 Å². The largest absolute Gasteiger partial charge is 0.496 e. The fourth-order valence-electron chi connectivity index (χ4n) is 3.28. The Balaban J connectivity index is 1.59. The van der Waals surface area contributed by atoms with E-state index in [0.29, 0.717) is 41.9 Å². The lowest BCUT2D eigenvalue weighted by Crippen LogP contribution is -2.27. The molecule has 0 bridgehead atoms. The third-order valence-electron chi connectivity index (χ3n) is 4.67. The number of amides is 1. The van der Waals surface area contributed by atoms with Gasteiger partial charge in [0, 0.05) is 18.0 Å². The fourth-order valence-corrected chi connectivity index (χ4v) is 3.41. The number of likely N-dealkylation sites (tertiary alicyclic amines) is 1. The molecule has 6 nitrogen and oxygen atoms in total. The van der Waals surface area contributed by atoms with E-state index in [1.807, 2.05) is 48.5 Å². The van der Waals surface area contributed by atoms with Gasteiger partial charge in [-0.15, -0.1) is 0 Å². The maximum atomic E-state index is 12.4. The van der Waals surface area contributed by atoms with Crippen molar-refractivity contribution in [3.05, 3.63) is 65.0 Å². The van der Waals surface area contributed by atoms with Crippen molar-refractivity contribution in [1.29, 1.82) is 0 Å². The van der Waals surface area contributed by atoms with Crippen LogP contribution >= 0.6 is 11.6 Å². The van der Waals surface area contributed by atoms with Crippen LogP contribution in [-0.2, 0) is 11.3 Å². The number of carbonyl (C=O) groups is 1. The molecule has 0 spiro atoms. The standard InChI is InChI=1S/C20H18ClN3O3/c1-26-17-5-3-2-4-15(17)19-22-20(27-23-19)16-10-11-18(25)24(16)12-13-6-8-14(21)9-7-13/h2-9,16H,10-12H2,1H3. The third-order valence-corrected chi connectivity index (χ3v) is 4.92. The van der Waals surface area contributed by atoms with E-state index in [0.717, 1.165) is 11.1 Å². The first-order valence-corrected chi connectivity index (χ1v) is 9.04. The van der Waals surface area contributed by atoms with E-state index >= 15 is 0 Å². The molecule has 1 aromatic heterocycles. The molecule has 0 N–H and O–H groups in total. The summed E-state index contributed by atoms with van der Waals surface area (Å²) in [5, 5.41) is 4.76. The summed E-state index contributed by atoms with van der Waals surface area (Å²) in [5.41, 5.74) is 1.76. The molecule has 1 aliphatic rings. The predicted molar refractivity (Wildman–Crippen MR) is 100 cm³/mol. The minimum absolute atomic E-state index is 0.0759. The normalized spacial score (nSPS) is 16.7. The number of methoxy groups -OCH3 is 1. The summed E-state index contributed by atoms with van der Waals surface area (Å²) in [5.74, 6) is 1.64. The van der Waals surface area contributed by atoms with E-state index in [4.69, 9.17) is 20.9 Å². The van der Waals surface area contributed by atoms with Crippen LogP contribution in [0.2, 0.25) is 5.02 Å². The molecule has 7 heteroatoms. The molecular weight excluding hydrogens is 366 g/mol. The molecular formula is C20H18ClN3O3. The molecule has 27 heavy (non-hydrogen) atoms. The molecule has 1 aliphatic heterocycles. The first-order valence-electron chi connectivity index (χ1n) is 8.66. The monoisotopic (exact) mass is 383 g/mol. The quantitative estimate of drug-likeness (QED) is 0.658. The van der Waals surface area contributed by atoms with E-state index in [1.54, 1.807) is 12.0 Å². The molecule has 1 fully saturated rings. The fraction of sp³-hybridized carbons (Fsp3) is 0.250. The zero-order valence-corrected chi connectivity index (χ0v) is 15.5. The Bertz CT molecular complexity index is 955. The summed E-state index contributed by atoms with van der Waals surface area (Å²) in [6.45, 7) is 0.479. The van der Waals surface area contributed by atoms with Gasteiger partial charge in [0.25, 0.3) is 0 Å². The van der Waals surface area contributed by atoms with Crippen molar-refractivity contribution >= 4 is 17.5 Å². The Labute approximate surface area is 161 Å². The minimum Gasteiger partial charge on any atom is -0.496 e. The van der Waals surface area contributed by atoms with E-state index in [1.165, 1.54) is 0 Å². The smallest absolute Gasteiger partial charge is 0.249 e. The Kier molecular flexibility index (Phi) is 4.81. The Morgan fingerprint density at radius 3 is 2.78 bits per heavy atom. The zero-order valence-electron chi connectivity index (χ0n) is 14.8. The van der Waals surface area contributed by atoms with Gasteiger partial charge in [0.2, 0.25) is 17.6 Å². The van der Waals surface area contributed by atoms with Crippen LogP contribution in [0.1, 0.15) is 30.3 Å². The molecule has 0 radical (unpaired) electrons. The SMILES string of the molecule is COc1ccccc1-c1noc(C2CCC(=O)N2Cc2ccc(Cl)cc2)n1. The summed E-state index contributed by atoms with van der Waals surface area (Å²) in [6, 6.07) is 14.7. The second kappa shape index (κ2) is 7.40. The number of hydrogen-bond donors (Lipinski definition) is 0. The highest BCUT2D eigenvalue weighted by atomic mass is 35.5. The highest BCUT2D eigenvalue weighted by molar-refractivity contribution is 6.30. The highest BCUT2D eigenvalue weighted by Gasteiger charge is 2.36. The number of halogens is 1. The molecule has 2 heterocycles. The summed E-state index contributed by atoms with van der Waals surface area (Å²) in [4.78, 5) is 18.7. The molecule has 0 saturated carbocycles. The van der Waals surface area contributed by atoms with Gasteiger partial charge in [-0.3, -0.25) is 4.79 Å². The molecule has 138 valence electrons. The maximum Gasteiger partial charge on any atom is 0.249 e. The lowest BCUT2D eigenvalue weighted by atomic mass is 10.1. The number of nitrogens with zero attached hydrogens (tertiary/aromatic N) is 3. The molecule has 1 saturated heterocycles. The van der Waals surface area contributed by atoms with Gasteiger partial charge in [-0.25, -0.2) is 0 Å². The van der Waals surface area contributed by atoms with Crippen LogP contribution in [0.25, 0.3) is 11.4 Å². The van der Waals surface area contributed by atoms with Crippen LogP contribution in [0.3, 0.4) is 0 Å². The minimum atomic E-state index is -0.232. The molecule has 4 rings (SSSR count). The zero-order chi connectivity index (χ0) is 18.8. The predicted octanol–water partition coefficient (Wildman–Crippen LogP) is 4.26. The number of carbonyl (C=O) groups excluding carboxylic acids is 1. The van der Waals surface area contributed by atoms with Crippen LogP contribution in [0.4, 0.5) is 0 Å². The molecule has 1 atom stereocenters. The summed E-state index contributed by atoms with van der Waals surface area (Å²) >= 11 is 5.94. The maximum absolute atomic E-state index is 12.4. The molecule has 1 amide bonds. The second-order valence-electron chi connectivity index (χ2n) is 6.36. The summed E-state index contributed by atoms with van der Waals surface area (Å²) < 4.78 is 10.9. The van der Waals surface area contributed by atoms with Gasteiger partial charge in [-0.05, 0) is 36.2 Å². The van der Waals surface area contributed by atoms with Gasteiger partial charge in [-0.1, -0.05) is 41.0 Å². The Morgan fingerprint density at radius 2 is 2.00 bits per heavy atom. The van der Waals surface area contributed by atoms with Gasteiger partial charge in [0.1, 0.15) is 11.8 Å². The van der Waals surface area contributed by atoms with Crippen LogP contribution in [-0.4, -0.2) is 28.1 Å². The molecule has 1 unspecified atom stereocenters. The number of hydrogen-bond acceptors (Lipinski definition) is 5.